The summed E-state index contributed by atoms with van der Waals surface area (Å²) in [5, 5.41) is 29.9. The van der Waals surface area contributed by atoms with Gasteiger partial charge in [-0.25, -0.2) is 9.88 Å². The largest absolute Gasteiger partial charge is 0.494 e. The molecule has 0 spiro atoms. The summed E-state index contributed by atoms with van der Waals surface area (Å²) in [6, 6.07) is 7.97. The fourth-order valence-electron chi connectivity index (χ4n) is 5.25. The summed E-state index contributed by atoms with van der Waals surface area (Å²) < 4.78 is 45.6. The quantitative estimate of drug-likeness (QED) is 0.233. The smallest absolute Gasteiger partial charge is 0.434 e. The molecule has 2 unspecified atom stereocenters. The Kier molecular flexibility index (Phi) is 6.60. The van der Waals surface area contributed by atoms with Gasteiger partial charge in [-0.2, -0.15) is 8.78 Å². The number of benzene rings is 2. The van der Waals surface area contributed by atoms with Crippen LogP contribution in [0, 0.1) is 0 Å². The average Bonchev–Trinajstić information content (AvgIpc) is 3.45. The van der Waals surface area contributed by atoms with E-state index >= 15 is 0 Å². The zero-order valence-electron chi connectivity index (χ0n) is 22.1. The Labute approximate surface area is 223 Å². The zero-order chi connectivity index (χ0) is 28.5. The Hall–Kier alpha value is -2.94. The van der Waals surface area contributed by atoms with Gasteiger partial charge in [-0.05, 0) is 64.8 Å². The van der Waals surface area contributed by atoms with Crippen LogP contribution < -0.4 is 10.2 Å². The van der Waals surface area contributed by atoms with E-state index in [4.69, 9.17) is 14.0 Å². The summed E-state index contributed by atoms with van der Waals surface area (Å²) in [6.07, 6.45) is -2.58. The minimum atomic E-state index is -3.19. The second-order valence-corrected chi connectivity index (χ2v) is 10.9. The Morgan fingerprint density at radius 3 is 2.44 bits per heavy atom. The first-order chi connectivity index (χ1) is 18.1. The van der Waals surface area contributed by atoms with Crippen molar-refractivity contribution < 1.29 is 42.9 Å². The zero-order valence-corrected chi connectivity index (χ0v) is 22.1. The lowest BCUT2D eigenvalue weighted by Crippen LogP contribution is -2.47. The van der Waals surface area contributed by atoms with Crippen LogP contribution >= 0.6 is 0 Å². The number of aromatic nitrogens is 2. The fourth-order valence-corrected chi connectivity index (χ4v) is 5.25. The molecule has 3 heterocycles. The predicted molar refractivity (Wildman–Crippen MR) is 137 cm³/mol. The number of hydrogen-bond acceptors (Lipinski definition) is 9. The molecule has 0 amide bonds. The van der Waals surface area contributed by atoms with Gasteiger partial charge < -0.3 is 33.9 Å². The molecule has 2 atom stereocenters. The van der Waals surface area contributed by atoms with Gasteiger partial charge >= 0.3 is 19.8 Å². The molecule has 1 saturated heterocycles. The number of carbonyl (C=O) groups excluding carboxylic acids is 1. The van der Waals surface area contributed by atoms with Crippen LogP contribution in [0.1, 0.15) is 67.9 Å². The second kappa shape index (κ2) is 9.32. The lowest BCUT2D eigenvalue weighted by molar-refractivity contribution is -0.396. The summed E-state index contributed by atoms with van der Waals surface area (Å²) in [5.74, 6) is 0.134. The highest BCUT2D eigenvalue weighted by atomic mass is 19.3. The van der Waals surface area contributed by atoms with Crippen molar-refractivity contribution in [1.29, 1.82) is 0 Å². The lowest BCUT2D eigenvalue weighted by atomic mass is 9.79. The molecule has 1 fully saturated rings. The number of fused-ring (bicyclic) bond motifs is 3. The van der Waals surface area contributed by atoms with Gasteiger partial charge in [-0.1, -0.05) is 18.2 Å². The molecular formula is C26H30BF2N3O7. The summed E-state index contributed by atoms with van der Waals surface area (Å²) in [7, 11) is 0.596. The van der Waals surface area contributed by atoms with E-state index in [9.17, 15) is 28.9 Å². The van der Waals surface area contributed by atoms with Crippen LogP contribution in [0.15, 0.2) is 36.4 Å². The maximum absolute atomic E-state index is 13.4. The molecule has 39 heavy (non-hydrogen) atoms. The molecule has 2 aromatic carbocycles. The van der Waals surface area contributed by atoms with Crippen LogP contribution in [0.5, 0.6) is 5.75 Å². The highest BCUT2D eigenvalue weighted by Gasteiger charge is 2.52. The van der Waals surface area contributed by atoms with E-state index in [1.165, 1.54) is 25.2 Å². The summed E-state index contributed by atoms with van der Waals surface area (Å²) in [6.45, 7) is 4.60. The highest BCUT2D eigenvalue weighted by molar-refractivity contribution is 6.62. The number of aldehydes is 1. The third-order valence-electron chi connectivity index (χ3n) is 8.04. The van der Waals surface area contributed by atoms with Crippen LogP contribution in [-0.4, -0.2) is 74.1 Å². The third kappa shape index (κ3) is 4.62. The van der Waals surface area contributed by atoms with Crippen molar-refractivity contribution in [2.45, 2.75) is 70.1 Å². The topological polar surface area (TPSA) is 127 Å². The van der Waals surface area contributed by atoms with Gasteiger partial charge in [-0.15, -0.1) is 0 Å². The molecule has 5 rings (SSSR count). The van der Waals surface area contributed by atoms with E-state index in [1.54, 1.807) is 16.7 Å². The number of aliphatic hydroxyl groups is 3. The van der Waals surface area contributed by atoms with Gasteiger partial charge in [0.05, 0.1) is 34.3 Å². The normalized spacial score (nSPS) is 22.2. The lowest BCUT2D eigenvalue weighted by Gasteiger charge is -2.32. The molecular weight excluding hydrogens is 515 g/mol. The number of carbonyl (C=O) groups is 1. The van der Waals surface area contributed by atoms with Crippen LogP contribution in [0.2, 0.25) is 0 Å². The first kappa shape index (κ1) is 27.6. The second-order valence-electron chi connectivity index (χ2n) is 10.9. The molecule has 3 aromatic rings. The number of hydrogen-bond donors (Lipinski definition) is 3. The third-order valence-corrected chi connectivity index (χ3v) is 8.04. The van der Waals surface area contributed by atoms with E-state index < -0.39 is 43.1 Å². The van der Waals surface area contributed by atoms with Gasteiger partial charge in [0.2, 0.25) is 0 Å². The summed E-state index contributed by atoms with van der Waals surface area (Å²) in [4.78, 5) is 17.6. The van der Waals surface area contributed by atoms with Gasteiger partial charge in [0.1, 0.15) is 11.6 Å². The number of nitrogens with zero attached hydrogens (tertiary/aromatic N) is 3. The van der Waals surface area contributed by atoms with Gasteiger partial charge in [-0.3, -0.25) is 4.79 Å². The van der Waals surface area contributed by atoms with Gasteiger partial charge in [0.25, 0.3) is 0 Å². The SMILES string of the molecule is CN(C1CC(c2c(C=O)cccc2OC(F)F)n2c1nc1ccc(B3OC(C)(C)C(C)(C)O3)cc12)C(O)(O)O. The number of imidazole rings is 1. The maximum atomic E-state index is 13.4. The van der Waals surface area contributed by atoms with Gasteiger partial charge in [0, 0.05) is 11.1 Å². The molecule has 0 aliphatic carbocycles. The summed E-state index contributed by atoms with van der Waals surface area (Å²) in [5.41, 5.74) is 0.921. The van der Waals surface area contributed by atoms with Crippen molar-refractivity contribution in [2.75, 3.05) is 7.05 Å². The molecule has 1 aromatic heterocycles. The molecule has 208 valence electrons. The Balaban J connectivity index is 1.70. The fraction of sp³-hybridized carbons (Fsp3) is 0.462. The van der Waals surface area contributed by atoms with E-state index in [-0.39, 0.29) is 23.3 Å². The predicted octanol–water partition coefficient (Wildman–Crippen LogP) is 2.30. The van der Waals surface area contributed by atoms with Crippen LogP contribution in [0.25, 0.3) is 11.0 Å². The standard InChI is InChI=1S/C26H30BF2N3O7/c1-24(2)25(3,4)39-27(38-24)15-9-10-16-17(11-15)32-18(12-19(22(32)30-16)31(5)26(34,35)36)21-14(13-33)7-6-8-20(21)37-23(28)29/h6-11,13,18-19,23,34-36H,12H2,1-5H3. The number of halogens is 2. The number of alkyl halides is 2. The van der Waals surface area contributed by atoms with Crippen molar-refractivity contribution in [3.8, 4) is 5.75 Å². The highest BCUT2D eigenvalue weighted by Crippen LogP contribution is 2.47. The van der Waals surface area contributed by atoms with Gasteiger partial charge in [0.15, 0.2) is 6.29 Å². The monoisotopic (exact) mass is 545 g/mol. The Bertz CT molecular complexity index is 1410. The molecule has 2 aliphatic heterocycles. The van der Waals surface area contributed by atoms with E-state index in [0.29, 0.717) is 28.6 Å². The minimum Gasteiger partial charge on any atom is -0.434 e. The van der Waals surface area contributed by atoms with Crippen LogP contribution in [0.4, 0.5) is 8.78 Å². The Morgan fingerprint density at radius 2 is 1.85 bits per heavy atom. The number of ether oxygens (including phenoxy) is 1. The minimum absolute atomic E-state index is 0.0589. The molecule has 0 saturated carbocycles. The molecule has 0 radical (unpaired) electrons. The number of rotatable bonds is 7. The van der Waals surface area contributed by atoms with Crippen molar-refractivity contribution in [3.05, 3.63) is 53.3 Å². The van der Waals surface area contributed by atoms with E-state index in [0.717, 1.165) is 4.90 Å². The van der Waals surface area contributed by atoms with Crippen LogP contribution in [0.3, 0.4) is 0 Å². The summed E-state index contributed by atoms with van der Waals surface area (Å²) >= 11 is 0. The molecule has 13 heteroatoms. The molecule has 2 aliphatic rings. The van der Waals surface area contributed by atoms with Crippen molar-refractivity contribution in [2.24, 2.45) is 0 Å². The van der Waals surface area contributed by atoms with E-state index in [1.807, 2.05) is 33.8 Å². The molecule has 0 bridgehead atoms. The van der Waals surface area contributed by atoms with Crippen molar-refractivity contribution in [3.63, 3.8) is 0 Å². The van der Waals surface area contributed by atoms with E-state index in [2.05, 4.69) is 4.98 Å². The average molecular weight is 545 g/mol. The molecule has 3 N–H and O–H groups in total. The van der Waals surface area contributed by atoms with Crippen molar-refractivity contribution in [1.82, 2.24) is 14.5 Å². The first-order valence-electron chi connectivity index (χ1n) is 12.4. The molecule has 10 nitrogen and oxygen atoms in total. The Morgan fingerprint density at radius 1 is 1.18 bits per heavy atom. The first-order valence-corrected chi connectivity index (χ1v) is 12.4. The van der Waals surface area contributed by atoms with Crippen LogP contribution in [-0.2, 0) is 9.31 Å². The maximum Gasteiger partial charge on any atom is 0.494 e. The van der Waals surface area contributed by atoms with Crippen molar-refractivity contribution >= 4 is 29.9 Å².